The molecule has 0 aromatic carbocycles. The van der Waals surface area contributed by atoms with Crippen LogP contribution in [0.4, 0.5) is 5.82 Å². The normalized spacial score (nSPS) is 10.3. The zero-order chi connectivity index (χ0) is 13.1. The van der Waals surface area contributed by atoms with Crippen molar-refractivity contribution in [3.05, 3.63) is 44.7 Å². The number of thiophene rings is 1. The van der Waals surface area contributed by atoms with Crippen molar-refractivity contribution in [3.8, 4) is 0 Å². The lowest BCUT2D eigenvalue weighted by molar-refractivity contribution is 0.0697. The van der Waals surface area contributed by atoms with Gasteiger partial charge < -0.3 is 10.4 Å². The van der Waals surface area contributed by atoms with Gasteiger partial charge >= 0.3 is 5.97 Å². The number of pyridine rings is 1. The van der Waals surface area contributed by atoms with E-state index in [-0.39, 0.29) is 5.56 Å². The van der Waals surface area contributed by atoms with Crippen LogP contribution >= 0.6 is 22.9 Å². The standard InChI is InChI=1S/C12H11ClN2O2S/c1-7-4-5-14-11(10(7)12(16)17)15-6-8-2-3-9(13)18-8/h2-5H,6H2,1H3,(H,14,15)(H,16,17). The van der Waals surface area contributed by atoms with Crippen LogP contribution in [0, 0.1) is 6.92 Å². The Bertz CT molecular complexity index is 583. The van der Waals surface area contributed by atoms with Crippen molar-refractivity contribution < 1.29 is 9.90 Å². The third kappa shape index (κ3) is 2.80. The number of nitrogens with zero attached hydrogens (tertiary/aromatic N) is 1. The summed E-state index contributed by atoms with van der Waals surface area (Å²) >= 11 is 7.28. The van der Waals surface area contributed by atoms with Gasteiger partial charge in [0.2, 0.25) is 0 Å². The number of carbonyl (C=O) groups is 1. The van der Waals surface area contributed by atoms with Crippen LogP contribution in [0.3, 0.4) is 0 Å². The minimum atomic E-state index is -0.979. The third-order valence-electron chi connectivity index (χ3n) is 2.43. The highest BCUT2D eigenvalue weighted by Gasteiger charge is 2.14. The number of carboxylic acid groups (broad SMARTS) is 1. The molecule has 0 saturated heterocycles. The van der Waals surface area contributed by atoms with E-state index in [0.29, 0.717) is 22.3 Å². The molecular formula is C12H11ClN2O2S. The number of hydrogen-bond donors (Lipinski definition) is 2. The fourth-order valence-electron chi connectivity index (χ4n) is 1.58. The zero-order valence-electron chi connectivity index (χ0n) is 9.61. The zero-order valence-corrected chi connectivity index (χ0v) is 11.2. The van der Waals surface area contributed by atoms with Crippen LogP contribution < -0.4 is 5.32 Å². The summed E-state index contributed by atoms with van der Waals surface area (Å²) in [7, 11) is 0. The number of anilines is 1. The molecule has 0 aliphatic heterocycles. The first-order chi connectivity index (χ1) is 8.58. The lowest BCUT2D eigenvalue weighted by atomic mass is 10.1. The molecule has 2 rings (SSSR count). The van der Waals surface area contributed by atoms with E-state index in [1.54, 1.807) is 19.2 Å². The van der Waals surface area contributed by atoms with Crippen molar-refractivity contribution in [3.63, 3.8) is 0 Å². The summed E-state index contributed by atoms with van der Waals surface area (Å²) in [5.41, 5.74) is 0.893. The van der Waals surface area contributed by atoms with Crippen LogP contribution in [0.5, 0.6) is 0 Å². The predicted octanol–water partition coefficient (Wildman–Crippen LogP) is 3.42. The number of aromatic carboxylic acids is 1. The predicted molar refractivity (Wildman–Crippen MR) is 72.6 cm³/mol. The highest BCUT2D eigenvalue weighted by Crippen LogP contribution is 2.23. The molecule has 0 aliphatic rings. The molecule has 0 unspecified atom stereocenters. The quantitative estimate of drug-likeness (QED) is 0.902. The van der Waals surface area contributed by atoms with Gasteiger partial charge in [-0.2, -0.15) is 0 Å². The average molecular weight is 283 g/mol. The Balaban J connectivity index is 2.19. The monoisotopic (exact) mass is 282 g/mol. The number of hydrogen-bond acceptors (Lipinski definition) is 4. The maximum Gasteiger partial charge on any atom is 0.339 e. The molecule has 18 heavy (non-hydrogen) atoms. The minimum Gasteiger partial charge on any atom is -0.478 e. The van der Waals surface area contributed by atoms with E-state index in [2.05, 4.69) is 10.3 Å². The number of halogens is 1. The van der Waals surface area contributed by atoms with Crippen LogP contribution in [0.1, 0.15) is 20.8 Å². The van der Waals surface area contributed by atoms with Crippen LogP contribution in [-0.4, -0.2) is 16.1 Å². The fourth-order valence-corrected chi connectivity index (χ4v) is 2.61. The second kappa shape index (κ2) is 5.37. The van der Waals surface area contributed by atoms with Crippen molar-refractivity contribution in [1.29, 1.82) is 0 Å². The Hall–Kier alpha value is -1.59. The van der Waals surface area contributed by atoms with E-state index < -0.39 is 5.97 Å². The Labute approximate surface area is 113 Å². The molecule has 2 heterocycles. The molecule has 2 N–H and O–H groups in total. The Morgan fingerprint density at radius 3 is 2.89 bits per heavy atom. The van der Waals surface area contributed by atoms with E-state index in [1.807, 2.05) is 12.1 Å². The SMILES string of the molecule is Cc1ccnc(NCc2ccc(Cl)s2)c1C(=O)O. The summed E-state index contributed by atoms with van der Waals surface area (Å²) in [6, 6.07) is 5.39. The maximum atomic E-state index is 11.2. The highest BCUT2D eigenvalue weighted by atomic mass is 35.5. The number of rotatable bonds is 4. The number of nitrogens with one attached hydrogen (secondary N) is 1. The van der Waals surface area contributed by atoms with Gasteiger partial charge in [0, 0.05) is 11.1 Å². The Kier molecular flexibility index (Phi) is 3.84. The molecule has 2 aromatic rings. The maximum absolute atomic E-state index is 11.2. The molecule has 0 aliphatic carbocycles. The first kappa shape index (κ1) is 12.9. The van der Waals surface area contributed by atoms with Crippen LogP contribution in [0.25, 0.3) is 0 Å². The van der Waals surface area contributed by atoms with Gasteiger partial charge in [0.15, 0.2) is 0 Å². The van der Waals surface area contributed by atoms with Crippen LogP contribution in [0.2, 0.25) is 4.34 Å². The van der Waals surface area contributed by atoms with E-state index in [1.165, 1.54) is 11.3 Å². The summed E-state index contributed by atoms with van der Waals surface area (Å²) in [5.74, 6) is -0.598. The molecule has 6 heteroatoms. The van der Waals surface area contributed by atoms with Crippen molar-refractivity contribution in [2.24, 2.45) is 0 Å². The molecule has 2 aromatic heterocycles. The van der Waals surface area contributed by atoms with E-state index >= 15 is 0 Å². The molecule has 0 amide bonds. The molecule has 0 radical (unpaired) electrons. The van der Waals surface area contributed by atoms with Gasteiger partial charge in [0.1, 0.15) is 11.4 Å². The van der Waals surface area contributed by atoms with Crippen molar-refractivity contribution in [2.75, 3.05) is 5.32 Å². The van der Waals surface area contributed by atoms with E-state index in [9.17, 15) is 4.79 Å². The van der Waals surface area contributed by atoms with Crippen LogP contribution in [-0.2, 0) is 6.54 Å². The van der Waals surface area contributed by atoms with Crippen molar-refractivity contribution in [2.45, 2.75) is 13.5 Å². The fraction of sp³-hybridized carbons (Fsp3) is 0.167. The number of carboxylic acids is 1. The molecule has 0 spiro atoms. The first-order valence-corrected chi connectivity index (χ1v) is 6.44. The van der Waals surface area contributed by atoms with Gasteiger partial charge in [-0.1, -0.05) is 11.6 Å². The largest absolute Gasteiger partial charge is 0.478 e. The summed E-state index contributed by atoms with van der Waals surface area (Å²) in [6.45, 7) is 2.26. The summed E-state index contributed by atoms with van der Waals surface area (Å²) in [6.07, 6.45) is 1.59. The minimum absolute atomic E-state index is 0.208. The smallest absolute Gasteiger partial charge is 0.339 e. The topological polar surface area (TPSA) is 62.2 Å². The summed E-state index contributed by atoms with van der Waals surface area (Å²) in [4.78, 5) is 16.2. The lowest BCUT2D eigenvalue weighted by Crippen LogP contribution is -2.09. The highest BCUT2D eigenvalue weighted by molar-refractivity contribution is 7.16. The van der Waals surface area contributed by atoms with Gasteiger partial charge in [0.25, 0.3) is 0 Å². The number of aromatic nitrogens is 1. The third-order valence-corrected chi connectivity index (χ3v) is 3.66. The Morgan fingerprint density at radius 2 is 2.28 bits per heavy atom. The summed E-state index contributed by atoms with van der Waals surface area (Å²) < 4.78 is 0.711. The molecule has 0 saturated carbocycles. The molecule has 0 fully saturated rings. The second-order valence-electron chi connectivity index (χ2n) is 3.72. The van der Waals surface area contributed by atoms with Gasteiger partial charge in [-0.15, -0.1) is 11.3 Å². The Morgan fingerprint density at radius 1 is 1.50 bits per heavy atom. The molecule has 4 nitrogen and oxygen atoms in total. The molecule has 94 valence electrons. The second-order valence-corrected chi connectivity index (χ2v) is 5.52. The first-order valence-electron chi connectivity index (χ1n) is 5.25. The van der Waals surface area contributed by atoms with Crippen molar-refractivity contribution >= 4 is 34.7 Å². The molecule has 0 bridgehead atoms. The van der Waals surface area contributed by atoms with E-state index in [4.69, 9.17) is 16.7 Å². The van der Waals surface area contributed by atoms with Gasteiger partial charge in [0.05, 0.1) is 10.9 Å². The van der Waals surface area contributed by atoms with Gasteiger partial charge in [-0.3, -0.25) is 0 Å². The summed E-state index contributed by atoms with van der Waals surface area (Å²) in [5, 5.41) is 12.2. The lowest BCUT2D eigenvalue weighted by Gasteiger charge is -2.09. The van der Waals surface area contributed by atoms with Crippen molar-refractivity contribution in [1.82, 2.24) is 4.98 Å². The molecular weight excluding hydrogens is 272 g/mol. The van der Waals surface area contributed by atoms with Gasteiger partial charge in [-0.05, 0) is 30.7 Å². The van der Waals surface area contributed by atoms with Crippen LogP contribution in [0.15, 0.2) is 24.4 Å². The van der Waals surface area contributed by atoms with Gasteiger partial charge in [-0.25, -0.2) is 9.78 Å². The molecule has 0 atom stereocenters. The average Bonchev–Trinajstić information content (AvgIpc) is 2.72. The van der Waals surface area contributed by atoms with E-state index in [0.717, 1.165) is 4.88 Å². The number of aryl methyl sites for hydroxylation is 1.